The van der Waals surface area contributed by atoms with Crippen molar-refractivity contribution in [3.63, 3.8) is 0 Å². The minimum Gasteiger partial charge on any atom is -0.444 e. The number of anilines is 1. The zero-order valence-corrected chi connectivity index (χ0v) is 12.2. The monoisotopic (exact) mass is 295 g/mol. The minimum atomic E-state index is -3.56. The summed E-state index contributed by atoms with van der Waals surface area (Å²) in [5.41, 5.74) is 0.851. The standard InChI is InChI=1S/C13H17N3O3S/c1-3-11-8-15-13(19-11)9-16-20(17,18)12-6-4-10(14-2)5-7-12/h4-8,14,16H,3,9H2,1-2H3. The first-order valence-electron chi connectivity index (χ1n) is 6.26. The molecule has 0 atom stereocenters. The van der Waals surface area contributed by atoms with Crippen molar-refractivity contribution in [2.75, 3.05) is 12.4 Å². The summed E-state index contributed by atoms with van der Waals surface area (Å²) in [6.07, 6.45) is 2.33. The second-order valence-electron chi connectivity index (χ2n) is 4.17. The van der Waals surface area contributed by atoms with Gasteiger partial charge in [0.2, 0.25) is 15.9 Å². The highest BCUT2D eigenvalue weighted by molar-refractivity contribution is 7.89. The zero-order chi connectivity index (χ0) is 14.6. The van der Waals surface area contributed by atoms with Crippen molar-refractivity contribution in [1.29, 1.82) is 0 Å². The molecule has 0 bridgehead atoms. The molecule has 0 aliphatic heterocycles. The molecule has 0 spiro atoms. The van der Waals surface area contributed by atoms with Crippen molar-refractivity contribution in [2.24, 2.45) is 0 Å². The van der Waals surface area contributed by atoms with E-state index in [1.54, 1.807) is 37.5 Å². The Labute approximate surface area is 118 Å². The SMILES string of the molecule is CCc1cnc(CNS(=O)(=O)c2ccc(NC)cc2)o1. The molecule has 20 heavy (non-hydrogen) atoms. The lowest BCUT2D eigenvalue weighted by Gasteiger charge is -2.06. The number of aryl methyl sites for hydroxylation is 1. The van der Waals surface area contributed by atoms with Crippen molar-refractivity contribution in [2.45, 2.75) is 24.8 Å². The Balaban J connectivity index is 2.06. The quantitative estimate of drug-likeness (QED) is 0.848. The first kappa shape index (κ1) is 14.5. The molecule has 1 aromatic heterocycles. The molecule has 0 radical (unpaired) electrons. The van der Waals surface area contributed by atoms with E-state index >= 15 is 0 Å². The topological polar surface area (TPSA) is 84.2 Å². The van der Waals surface area contributed by atoms with Crippen LogP contribution >= 0.6 is 0 Å². The molecule has 1 aromatic carbocycles. The molecule has 7 heteroatoms. The highest BCUT2D eigenvalue weighted by Crippen LogP contribution is 2.14. The Hall–Kier alpha value is -1.86. The van der Waals surface area contributed by atoms with Crippen molar-refractivity contribution in [3.8, 4) is 0 Å². The third kappa shape index (κ3) is 3.37. The molecule has 1 heterocycles. The van der Waals surface area contributed by atoms with Crippen molar-refractivity contribution < 1.29 is 12.8 Å². The summed E-state index contributed by atoms with van der Waals surface area (Å²) in [5.74, 6) is 1.09. The number of nitrogens with one attached hydrogen (secondary N) is 2. The lowest BCUT2D eigenvalue weighted by Crippen LogP contribution is -2.23. The number of hydrogen-bond acceptors (Lipinski definition) is 5. The molecule has 0 saturated heterocycles. The van der Waals surface area contributed by atoms with Gasteiger partial charge in [0.05, 0.1) is 17.6 Å². The van der Waals surface area contributed by atoms with Crippen LogP contribution in [0.2, 0.25) is 0 Å². The van der Waals surface area contributed by atoms with E-state index < -0.39 is 10.0 Å². The maximum atomic E-state index is 12.1. The van der Waals surface area contributed by atoms with Gasteiger partial charge in [-0.15, -0.1) is 0 Å². The van der Waals surface area contributed by atoms with Gasteiger partial charge in [-0.3, -0.25) is 0 Å². The molecule has 0 fully saturated rings. The van der Waals surface area contributed by atoms with Crippen LogP contribution in [0.1, 0.15) is 18.6 Å². The third-order valence-electron chi connectivity index (χ3n) is 2.82. The maximum Gasteiger partial charge on any atom is 0.241 e. The fraction of sp³-hybridized carbons (Fsp3) is 0.308. The number of sulfonamides is 1. The number of nitrogens with zero attached hydrogens (tertiary/aromatic N) is 1. The number of hydrogen-bond donors (Lipinski definition) is 2. The van der Waals surface area contributed by atoms with Crippen LogP contribution < -0.4 is 10.0 Å². The van der Waals surface area contributed by atoms with E-state index in [-0.39, 0.29) is 11.4 Å². The lowest BCUT2D eigenvalue weighted by molar-refractivity contribution is 0.452. The summed E-state index contributed by atoms with van der Waals surface area (Å²) < 4.78 is 32.0. The summed E-state index contributed by atoms with van der Waals surface area (Å²) in [6.45, 7) is 1.98. The van der Waals surface area contributed by atoms with Crippen LogP contribution in [0.25, 0.3) is 0 Å². The Kier molecular flexibility index (Phi) is 4.41. The van der Waals surface area contributed by atoms with Gasteiger partial charge in [0.1, 0.15) is 5.76 Å². The minimum absolute atomic E-state index is 0.0378. The molecule has 0 unspecified atom stereocenters. The largest absolute Gasteiger partial charge is 0.444 e. The van der Waals surface area contributed by atoms with Gasteiger partial charge in [0, 0.05) is 19.2 Å². The Morgan fingerprint density at radius 1 is 1.25 bits per heavy atom. The Bertz CT molecular complexity index is 662. The van der Waals surface area contributed by atoms with E-state index in [9.17, 15) is 8.42 Å². The van der Waals surface area contributed by atoms with Crippen LogP contribution in [-0.2, 0) is 23.0 Å². The molecule has 0 aliphatic carbocycles. The normalized spacial score (nSPS) is 11.5. The van der Waals surface area contributed by atoms with E-state index in [1.165, 1.54) is 0 Å². The first-order valence-corrected chi connectivity index (χ1v) is 7.74. The molecular formula is C13H17N3O3S. The molecule has 0 amide bonds. The first-order chi connectivity index (χ1) is 9.55. The summed E-state index contributed by atoms with van der Waals surface area (Å²) in [6, 6.07) is 6.49. The highest BCUT2D eigenvalue weighted by Gasteiger charge is 2.15. The van der Waals surface area contributed by atoms with E-state index in [2.05, 4.69) is 15.0 Å². The summed E-state index contributed by atoms with van der Waals surface area (Å²) in [5, 5.41) is 2.93. The number of rotatable bonds is 6. The smallest absolute Gasteiger partial charge is 0.241 e. The molecule has 2 rings (SSSR count). The zero-order valence-electron chi connectivity index (χ0n) is 11.4. The third-order valence-corrected chi connectivity index (χ3v) is 4.23. The summed E-state index contributed by atoms with van der Waals surface area (Å²) in [4.78, 5) is 4.21. The molecule has 2 N–H and O–H groups in total. The molecule has 2 aromatic rings. The molecule has 6 nitrogen and oxygen atoms in total. The van der Waals surface area contributed by atoms with Gasteiger partial charge in [-0.2, -0.15) is 0 Å². The van der Waals surface area contributed by atoms with E-state index in [0.29, 0.717) is 5.89 Å². The number of oxazole rings is 1. The van der Waals surface area contributed by atoms with Crippen LogP contribution in [-0.4, -0.2) is 20.4 Å². The van der Waals surface area contributed by atoms with Gasteiger partial charge in [0.25, 0.3) is 0 Å². The van der Waals surface area contributed by atoms with Crippen molar-refractivity contribution in [1.82, 2.24) is 9.71 Å². The lowest BCUT2D eigenvalue weighted by atomic mass is 10.3. The second-order valence-corrected chi connectivity index (χ2v) is 5.94. The van der Waals surface area contributed by atoms with Crippen LogP contribution in [0.4, 0.5) is 5.69 Å². The highest BCUT2D eigenvalue weighted by atomic mass is 32.2. The number of benzene rings is 1. The van der Waals surface area contributed by atoms with Crippen LogP contribution in [0.3, 0.4) is 0 Å². The average Bonchev–Trinajstić information content (AvgIpc) is 2.93. The number of aromatic nitrogens is 1. The fourth-order valence-electron chi connectivity index (χ4n) is 1.63. The van der Waals surface area contributed by atoms with Gasteiger partial charge in [-0.05, 0) is 24.3 Å². The van der Waals surface area contributed by atoms with E-state index in [1.807, 2.05) is 6.92 Å². The van der Waals surface area contributed by atoms with Gasteiger partial charge in [-0.25, -0.2) is 18.1 Å². The molecule has 0 saturated carbocycles. The predicted octanol–water partition coefficient (Wildman–Crippen LogP) is 1.76. The molecular weight excluding hydrogens is 278 g/mol. The van der Waals surface area contributed by atoms with Crippen LogP contribution in [0.5, 0.6) is 0 Å². The average molecular weight is 295 g/mol. The molecule has 108 valence electrons. The van der Waals surface area contributed by atoms with Crippen molar-refractivity contribution in [3.05, 3.63) is 42.1 Å². The Morgan fingerprint density at radius 3 is 2.50 bits per heavy atom. The van der Waals surface area contributed by atoms with Crippen LogP contribution in [0, 0.1) is 0 Å². The van der Waals surface area contributed by atoms with Gasteiger partial charge >= 0.3 is 0 Å². The van der Waals surface area contributed by atoms with E-state index in [0.717, 1.165) is 17.9 Å². The van der Waals surface area contributed by atoms with Gasteiger partial charge in [0.15, 0.2) is 0 Å². The Morgan fingerprint density at radius 2 is 1.95 bits per heavy atom. The maximum absolute atomic E-state index is 12.1. The van der Waals surface area contributed by atoms with Gasteiger partial charge in [-0.1, -0.05) is 6.92 Å². The second kappa shape index (κ2) is 6.06. The summed E-state index contributed by atoms with van der Waals surface area (Å²) in [7, 11) is -1.79. The van der Waals surface area contributed by atoms with Gasteiger partial charge < -0.3 is 9.73 Å². The molecule has 0 aliphatic rings. The summed E-state index contributed by atoms with van der Waals surface area (Å²) >= 11 is 0. The van der Waals surface area contributed by atoms with E-state index in [4.69, 9.17) is 4.42 Å². The van der Waals surface area contributed by atoms with Crippen molar-refractivity contribution >= 4 is 15.7 Å². The van der Waals surface area contributed by atoms with Crippen LogP contribution in [0.15, 0.2) is 39.8 Å². The predicted molar refractivity (Wildman–Crippen MR) is 75.9 cm³/mol. The fourth-order valence-corrected chi connectivity index (χ4v) is 2.61.